The maximum absolute atomic E-state index is 4.34. The highest BCUT2D eigenvalue weighted by molar-refractivity contribution is 5.58. The largest absolute Gasteiger partial charge is 0.291 e. The van der Waals surface area contributed by atoms with E-state index < -0.39 is 0 Å². The molecule has 0 N–H and O–H groups in total. The molecule has 0 aromatic carbocycles. The zero-order valence-corrected chi connectivity index (χ0v) is 7.65. The van der Waals surface area contributed by atoms with Gasteiger partial charge in [0.25, 0.3) is 0 Å². The molecule has 0 unspecified atom stereocenters. The number of hydrogen-bond acceptors (Lipinski definition) is 1. The molecule has 0 aromatic rings. The van der Waals surface area contributed by atoms with Gasteiger partial charge in [-0.25, -0.2) is 0 Å². The van der Waals surface area contributed by atoms with Gasteiger partial charge < -0.3 is 0 Å². The molecule has 0 atom stereocenters. The van der Waals surface area contributed by atoms with Crippen LogP contribution in [0.3, 0.4) is 0 Å². The van der Waals surface area contributed by atoms with Crippen LogP contribution >= 0.6 is 0 Å². The number of aliphatic imine (C=N–C) groups is 1. The van der Waals surface area contributed by atoms with E-state index in [2.05, 4.69) is 18.8 Å². The molecule has 1 aliphatic heterocycles. The highest BCUT2D eigenvalue weighted by Crippen LogP contribution is 2.20. The van der Waals surface area contributed by atoms with Crippen LogP contribution in [0.4, 0.5) is 0 Å². The van der Waals surface area contributed by atoms with Gasteiger partial charge in [-0.2, -0.15) is 0 Å². The van der Waals surface area contributed by atoms with Crippen molar-refractivity contribution in [3.05, 3.63) is 0 Å². The predicted molar refractivity (Wildman–Crippen MR) is 47.8 cm³/mol. The first-order valence-corrected chi connectivity index (χ1v) is 4.24. The second-order valence-electron chi connectivity index (χ2n) is 3.02. The highest BCUT2D eigenvalue weighted by Gasteiger charge is 2.16. The van der Waals surface area contributed by atoms with E-state index in [1.807, 2.05) is 20.1 Å². The fraction of sp³-hybridized carbons (Fsp3) is 0.889. The van der Waals surface area contributed by atoms with Gasteiger partial charge in [0.1, 0.15) is 0 Å². The van der Waals surface area contributed by atoms with Crippen LogP contribution in [0.1, 0.15) is 47.0 Å². The average molecular weight is 141 g/mol. The molecule has 0 spiro atoms. The molecule has 1 heterocycles. The summed E-state index contributed by atoms with van der Waals surface area (Å²) in [6.45, 7) is 8.37. The number of rotatable bonds is 0. The van der Waals surface area contributed by atoms with Gasteiger partial charge in [-0.05, 0) is 39.3 Å². The average Bonchev–Trinajstić information content (AvgIpc) is 1.92. The Morgan fingerprint density at radius 2 is 1.90 bits per heavy atom. The highest BCUT2D eigenvalue weighted by atomic mass is 14.8. The fourth-order valence-electron chi connectivity index (χ4n) is 1.00. The first-order chi connectivity index (χ1) is 4.71. The van der Waals surface area contributed by atoms with Gasteiger partial charge in [-0.3, -0.25) is 4.99 Å². The molecule has 1 nitrogen and oxygen atoms in total. The van der Waals surface area contributed by atoms with Crippen molar-refractivity contribution < 1.29 is 0 Å². The molecule has 1 rings (SSSR count). The van der Waals surface area contributed by atoms with Crippen molar-refractivity contribution in [2.75, 3.05) is 0 Å². The molecule has 1 aliphatic rings. The second kappa shape index (κ2) is 4.48. The van der Waals surface area contributed by atoms with Gasteiger partial charge in [-0.15, -0.1) is 0 Å². The Morgan fingerprint density at radius 1 is 1.30 bits per heavy atom. The molecule has 0 bridgehead atoms. The first-order valence-electron chi connectivity index (χ1n) is 4.24. The van der Waals surface area contributed by atoms with Crippen molar-refractivity contribution in [1.82, 2.24) is 0 Å². The third-order valence-electron chi connectivity index (χ3n) is 1.56. The lowest BCUT2D eigenvalue weighted by molar-refractivity contribution is 0.452. The molecule has 0 amide bonds. The monoisotopic (exact) mass is 141 g/mol. The molecule has 0 aromatic heterocycles. The topological polar surface area (TPSA) is 12.4 Å². The minimum absolute atomic E-state index is 0.248. The molecular weight excluding hydrogens is 122 g/mol. The van der Waals surface area contributed by atoms with Crippen LogP contribution in [0.5, 0.6) is 0 Å². The van der Waals surface area contributed by atoms with Crippen molar-refractivity contribution in [2.45, 2.75) is 52.5 Å². The quantitative estimate of drug-likeness (QED) is 0.491. The van der Waals surface area contributed by atoms with Crippen LogP contribution in [0.15, 0.2) is 4.99 Å². The Balaban J connectivity index is 0.000000371. The lowest BCUT2D eigenvalue weighted by Gasteiger charge is -2.22. The lowest BCUT2D eigenvalue weighted by Crippen LogP contribution is -2.19. The number of hydrogen-bond donors (Lipinski definition) is 0. The van der Waals surface area contributed by atoms with E-state index in [1.54, 1.807) is 0 Å². The van der Waals surface area contributed by atoms with E-state index in [-0.39, 0.29) is 5.54 Å². The van der Waals surface area contributed by atoms with Crippen LogP contribution in [0.2, 0.25) is 0 Å². The minimum Gasteiger partial charge on any atom is -0.291 e. The zero-order chi connectivity index (χ0) is 8.04. The van der Waals surface area contributed by atoms with Crippen molar-refractivity contribution in [2.24, 2.45) is 4.99 Å². The third kappa shape index (κ3) is 3.65. The smallest absolute Gasteiger partial charge is 0.0548 e. The molecule has 0 saturated heterocycles. The van der Waals surface area contributed by atoms with E-state index >= 15 is 0 Å². The maximum atomic E-state index is 4.34. The van der Waals surface area contributed by atoms with E-state index in [4.69, 9.17) is 0 Å². The minimum atomic E-state index is 0.248. The Kier molecular flexibility index (Phi) is 4.33. The fourth-order valence-corrected chi connectivity index (χ4v) is 1.00. The Hall–Kier alpha value is -0.330. The van der Waals surface area contributed by atoms with E-state index in [9.17, 15) is 0 Å². The van der Waals surface area contributed by atoms with Crippen molar-refractivity contribution in [1.29, 1.82) is 0 Å². The Bertz CT molecular complexity index is 103. The first kappa shape index (κ1) is 9.67. The summed E-state index contributed by atoms with van der Waals surface area (Å²) in [4.78, 5) is 4.34. The normalized spacial score (nSPS) is 21.2. The molecule has 0 saturated carbocycles. The van der Waals surface area contributed by atoms with Gasteiger partial charge in [0, 0.05) is 0 Å². The van der Waals surface area contributed by atoms with E-state index in [0.717, 1.165) is 0 Å². The molecular formula is C9H19N. The van der Waals surface area contributed by atoms with Gasteiger partial charge in [0.2, 0.25) is 0 Å². The summed E-state index contributed by atoms with van der Waals surface area (Å²) in [5.41, 5.74) is 0.248. The van der Waals surface area contributed by atoms with Gasteiger partial charge >= 0.3 is 0 Å². The second-order valence-corrected chi connectivity index (χ2v) is 3.02. The van der Waals surface area contributed by atoms with E-state index in [0.29, 0.717) is 0 Å². The summed E-state index contributed by atoms with van der Waals surface area (Å²) in [5.74, 6) is 0. The molecule has 10 heavy (non-hydrogen) atoms. The number of nitrogens with zero attached hydrogens (tertiary/aromatic N) is 1. The van der Waals surface area contributed by atoms with Crippen molar-refractivity contribution >= 4 is 6.21 Å². The zero-order valence-electron chi connectivity index (χ0n) is 7.65. The van der Waals surface area contributed by atoms with Gasteiger partial charge in [-0.1, -0.05) is 13.8 Å². The summed E-state index contributed by atoms with van der Waals surface area (Å²) in [5, 5.41) is 0. The lowest BCUT2D eigenvalue weighted by atomic mass is 9.96. The summed E-state index contributed by atoms with van der Waals surface area (Å²) in [6.07, 6.45) is 5.80. The molecule has 1 heteroatoms. The maximum Gasteiger partial charge on any atom is 0.0548 e. The molecule has 60 valence electrons. The summed E-state index contributed by atoms with van der Waals surface area (Å²) in [7, 11) is 0. The molecule has 0 fully saturated rings. The van der Waals surface area contributed by atoms with Crippen LogP contribution in [0, 0.1) is 0 Å². The third-order valence-corrected chi connectivity index (χ3v) is 1.56. The molecule has 0 aliphatic carbocycles. The summed E-state index contributed by atoms with van der Waals surface area (Å²) in [6, 6.07) is 0. The van der Waals surface area contributed by atoms with Crippen molar-refractivity contribution in [3.63, 3.8) is 0 Å². The Morgan fingerprint density at radius 3 is 2.10 bits per heavy atom. The SMILES string of the molecule is CC.CC1(C)CCCC=N1. The predicted octanol–water partition coefficient (Wildman–Crippen LogP) is 3.05. The van der Waals surface area contributed by atoms with Crippen molar-refractivity contribution in [3.8, 4) is 0 Å². The van der Waals surface area contributed by atoms with Gasteiger partial charge in [0.05, 0.1) is 5.54 Å². The van der Waals surface area contributed by atoms with Crippen LogP contribution < -0.4 is 0 Å². The van der Waals surface area contributed by atoms with Gasteiger partial charge in [0.15, 0.2) is 0 Å². The van der Waals surface area contributed by atoms with E-state index in [1.165, 1.54) is 19.3 Å². The summed E-state index contributed by atoms with van der Waals surface area (Å²) >= 11 is 0. The van der Waals surface area contributed by atoms with Crippen LogP contribution in [-0.4, -0.2) is 11.8 Å². The molecule has 0 radical (unpaired) electrons. The van der Waals surface area contributed by atoms with Crippen LogP contribution in [-0.2, 0) is 0 Å². The Labute approximate surface area is 64.6 Å². The summed E-state index contributed by atoms with van der Waals surface area (Å²) < 4.78 is 0. The standard InChI is InChI=1S/C7H13N.C2H6/c1-7(2)5-3-4-6-8-7;1-2/h6H,3-5H2,1-2H3;1-2H3. The van der Waals surface area contributed by atoms with Crippen LogP contribution in [0.25, 0.3) is 0 Å².